The lowest BCUT2D eigenvalue weighted by Gasteiger charge is -2.35. The number of halogens is 1. The minimum atomic E-state index is -0.524. The second kappa shape index (κ2) is 9.10. The number of piperidine rings is 1. The maximum atomic E-state index is 14.7. The Morgan fingerprint density at radius 3 is 2.70 bits per heavy atom. The second-order valence-electron chi connectivity index (χ2n) is 9.04. The van der Waals surface area contributed by atoms with Crippen LogP contribution in [0.2, 0.25) is 0 Å². The van der Waals surface area contributed by atoms with Crippen LogP contribution in [0.4, 0.5) is 26.5 Å². The molecule has 0 saturated carbocycles. The Hall–Kier alpha value is -3.61. The number of ether oxygens (including phenoxy) is 2. The fraction of sp³-hybridized carbons (Fsp3) is 0.478. The maximum Gasteiger partial charge on any atom is 0.410 e. The fourth-order valence-corrected chi connectivity index (χ4v) is 3.89. The van der Waals surface area contributed by atoms with Crippen LogP contribution in [-0.2, 0) is 4.74 Å². The van der Waals surface area contributed by atoms with Crippen LogP contribution < -0.4 is 15.0 Å². The van der Waals surface area contributed by atoms with Gasteiger partial charge in [0.05, 0.1) is 23.9 Å². The first kappa shape index (κ1) is 22.6. The fourth-order valence-electron chi connectivity index (χ4n) is 3.89. The standard InChI is InChI=1S/C23H27FN6O3/c1-23(2,3)33-22(31)29-8-6-16(7-9-29)28-20-19-21(27-14-26-20)30(10-11-32-19)18-5-4-15(13-25)12-17(18)24/h4-5,12,14,16H,6-11H2,1-3H3,(H,26,27,28). The van der Waals surface area contributed by atoms with Gasteiger partial charge in [-0.25, -0.2) is 19.2 Å². The second-order valence-corrected chi connectivity index (χ2v) is 9.04. The SMILES string of the molecule is CC(C)(C)OC(=O)N1CCC(Nc2ncnc3c2OCCN3c2ccc(C#N)cc2F)CC1. The highest BCUT2D eigenvalue weighted by atomic mass is 19.1. The lowest BCUT2D eigenvalue weighted by molar-refractivity contribution is 0.0210. The number of nitrogens with one attached hydrogen (secondary N) is 1. The van der Waals surface area contributed by atoms with E-state index >= 15 is 0 Å². The summed E-state index contributed by atoms with van der Waals surface area (Å²) < 4.78 is 26.0. The summed E-state index contributed by atoms with van der Waals surface area (Å²) in [5.41, 5.74) is 0.0606. The molecule has 33 heavy (non-hydrogen) atoms. The summed E-state index contributed by atoms with van der Waals surface area (Å²) in [6, 6.07) is 6.39. The molecule has 2 aliphatic rings. The largest absolute Gasteiger partial charge is 0.485 e. The molecule has 0 bridgehead atoms. The zero-order valence-corrected chi connectivity index (χ0v) is 19.0. The molecule has 2 aliphatic heterocycles. The number of benzene rings is 1. The third kappa shape index (κ3) is 5.08. The number of likely N-dealkylation sites (tertiary alicyclic amines) is 1. The number of rotatable bonds is 3. The molecule has 1 aromatic carbocycles. The van der Waals surface area contributed by atoms with Gasteiger partial charge in [-0.05, 0) is 51.8 Å². The predicted molar refractivity (Wildman–Crippen MR) is 120 cm³/mol. The summed E-state index contributed by atoms with van der Waals surface area (Å²) in [5.74, 6) is 0.967. The molecule has 1 N–H and O–H groups in total. The van der Waals surface area contributed by atoms with E-state index in [1.54, 1.807) is 21.9 Å². The van der Waals surface area contributed by atoms with Crippen LogP contribution in [-0.4, -0.2) is 58.8 Å². The number of nitrogens with zero attached hydrogens (tertiary/aromatic N) is 5. The molecule has 0 unspecified atom stereocenters. The molecule has 9 nitrogen and oxygen atoms in total. The molecule has 0 aliphatic carbocycles. The number of nitriles is 1. The van der Waals surface area contributed by atoms with Crippen molar-refractivity contribution < 1.29 is 18.7 Å². The number of amides is 1. The molecular formula is C23H27FN6O3. The molecule has 0 spiro atoms. The average molecular weight is 455 g/mol. The van der Waals surface area contributed by atoms with Gasteiger partial charge >= 0.3 is 6.09 Å². The first-order valence-corrected chi connectivity index (χ1v) is 10.9. The minimum absolute atomic E-state index is 0.0910. The Morgan fingerprint density at radius 1 is 1.27 bits per heavy atom. The van der Waals surface area contributed by atoms with Gasteiger partial charge in [0.25, 0.3) is 0 Å². The van der Waals surface area contributed by atoms with Gasteiger partial charge in [0.2, 0.25) is 5.75 Å². The van der Waals surface area contributed by atoms with E-state index in [9.17, 15) is 9.18 Å². The predicted octanol–water partition coefficient (Wildman–Crippen LogP) is 3.83. The van der Waals surface area contributed by atoms with E-state index in [1.807, 2.05) is 26.8 Å². The summed E-state index contributed by atoms with van der Waals surface area (Å²) >= 11 is 0. The Morgan fingerprint density at radius 2 is 2.03 bits per heavy atom. The third-order valence-electron chi connectivity index (χ3n) is 5.46. The summed E-state index contributed by atoms with van der Waals surface area (Å²) in [6.45, 7) is 7.46. The first-order valence-electron chi connectivity index (χ1n) is 10.9. The van der Waals surface area contributed by atoms with Gasteiger partial charge in [-0.2, -0.15) is 5.26 Å². The molecule has 1 amide bonds. The van der Waals surface area contributed by atoms with Crippen LogP contribution in [0.25, 0.3) is 0 Å². The van der Waals surface area contributed by atoms with Crippen LogP contribution in [0.5, 0.6) is 5.75 Å². The number of anilines is 3. The van der Waals surface area contributed by atoms with Crippen molar-refractivity contribution in [3.05, 3.63) is 35.9 Å². The van der Waals surface area contributed by atoms with E-state index in [1.165, 1.54) is 12.4 Å². The Balaban J connectivity index is 1.47. The Bertz CT molecular complexity index is 1070. The summed E-state index contributed by atoms with van der Waals surface area (Å²) in [4.78, 5) is 24.4. The minimum Gasteiger partial charge on any atom is -0.485 e. The summed E-state index contributed by atoms with van der Waals surface area (Å²) in [7, 11) is 0. The first-order chi connectivity index (χ1) is 15.7. The molecule has 1 aromatic heterocycles. The third-order valence-corrected chi connectivity index (χ3v) is 5.46. The van der Waals surface area contributed by atoms with Crippen LogP contribution in [0, 0.1) is 17.1 Å². The van der Waals surface area contributed by atoms with Crippen LogP contribution in [0.3, 0.4) is 0 Å². The van der Waals surface area contributed by atoms with E-state index in [4.69, 9.17) is 14.7 Å². The van der Waals surface area contributed by atoms with E-state index in [0.717, 1.165) is 12.8 Å². The zero-order chi connectivity index (χ0) is 23.6. The number of carbonyl (C=O) groups excluding carboxylic acids is 1. The van der Waals surface area contributed by atoms with Gasteiger partial charge in [0, 0.05) is 19.1 Å². The van der Waals surface area contributed by atoms with Crippen molar-refractivity contribution in [1.82, 2.24) is 14.9 Å². The highest BCUT2D eigenvalue weighted by molar-refractivity contribution is 5.73. The smallest absolute Gasteiger partial charge is 0.410 e. The van der Waals surface area contributed by atoms with Crippen molar-refractivity contribution in [3.63, 3.8) is 0 Å². The highest BCUT2D eigenvalue weighted by Gasteiger charge is 2.30. The molecule has 1 fully saturated rings. The van der Waals surface area contributed by atoms with Crippen molar-refractivity contribution >= 4 is 23.4 Å². The quantitative estimate of drug-likeness (QED) is 0.746. The zero-order valence-electron chi connectivity index (χ0n) is 19.0. The van der Waals surface area contributed by atoms with Gasteiger partial charge in [0.1, 0.15) is 24.4 Å². The van der Waals surface area contributed by atoms with Crippen LogP contribution in [0.1, 0.15) is 39.2 Å². The Kier molecular flexibility index (Phi) is 6.22. The lowest BCUT2D eigenvalue weighted by Crippen LogP contribution is -2.44. The van der Waals surface area contributed by atoms with E-state index in [0.29, 0.717) is 49.3 Å². The lowest BCUT2D eigenvalue weighted by atomic mass is 10.1. The number of fused-ring (bicyclic) bond motifs is 1. The van der Waals surface area contributed by atoms with E-state index in [2.05, 4.69) is 15.3 Å². The molecule has 4 rings (SSSR count). The van der Waals surface area contributed by atoms with Gasteiger partial charge in [-0.15, -0.1) is 0 Å². The van der Waals surface area contributed by atoms with Gasteiger partial charge in [-0.1, -0.05) is 0 Å². The van der Waals surface area contributed by atoms with Gasteiger partial charge < -0.3 is 24.6 Å². The number of hydrogen-bond acceptors (Lipinski definition) is 8. The molecule has 0 atom stereocenters. The molecule has 1 saturated heterocycles. The van der Waals surface area contributed by atoms with Crippen molar-refractivity contribution in [1.29, 1.82) is 5.26 Å². The number of aromatic nitrogens is 2. The van der Waals surface area contributed by atoms with E-state index in [-0.39, 0.29) is 17.7 Å². The average Bonchev–Trinajstić information content (AvgIpc) is 2.78. The number of hydrogen-bond donors (Lipinski definition) is 1. The molecule has 3 heterocycles. The number of carbonyl (C=O) groups is 1. The van der Waals surface area contributed by atoms with E-state index < -0.39 is 11.4 Å². The molecule has 174 valence electrons. The van der Waals surface area contributed by atoms with Gasteiger partial charge in [0.15, 0.2) is 11.6 Å². The van der Waals surface area contributed by atoms with Crippen LogP contribution >= 0.6 is 0 Å². The monoisotopic (exact) mass is 454 g/mol. The summed E-state index contributed by atoms with van der Waals surface area (Å²) in [6.07, 6.45) is 2.57. The van der Waals surface area contributed by atoms with Gasteiger partial charge in [-0.3, -0.25) is 0 Å². The van der Waals surface area contributed by atoms with Crippen molar-refractivity contribution in [3.8, 4) is 11.8 Å². The van der Waals surface area contributed by atoms with Crippen molar-refractivity contribution in [2.24, 2.45) is 0 Å². The van der Waals surface area contributed by atoms with Crippen molar-refractivity contribution in [2.75, 3.05) is 36.5 Å². The van der Waals surface area contributed by atoms with Crippen molar-refractivity contribution in [2.45, 2.75) is 45.3 Å². The highest BCUT2D eigenvalue weighted by Crippen LogP contribution is 2.40. The maximum absolute atomic E-state index is 14.7. The van der Waals surface area contributed by atoms with Crippen LogP contribution in [0.15, 0.2) is 24.5 Å². The normalized spacial score (nSPS) is 16.5. The molecule has 0 radical (unpaired) electrons. The topological polar surface area (TPSA) is 104 Å². The molecule has 2 aromatic rings. The molecule has 10 heteroatoms. The molecular weight excluding hydrogens is 427 g/mol. The summed E-state index contributed by atoms with van der Waals surface area (Å²) in [5, 5.41) is 12.4. The Labute approximate surface area is 192 Å².